The van der Waals surface area contributed by atoms with Gasteiger partial charge in [-0.1, -0.05) is 19.3 Å². The van der Waals surface area contributed by atoms with Gasteiger partial charge in [-0.25, -0.2) is 0 Å². The molecule has 1 aromatic carbocycles. The highest BCUT2D eigenvalue weighted by Crippen LogP contribution is 2.32. The molecular formula is C20H23N5O2. The molecule has 0 unspecified atom stereocenters. The van der Waals surface area contributed by atoms with Crippen LogP contribution in [0.25, 0.3) is 0 Å². The van der Waals surface area contributed by atoms with Crippen molar-refractivity contribution < 1.29 is 4.79 Å². The molecular weight excluding hydrogens is 342 g/mol. The Bertz CT molecular complexity index is 959. The van der Waals surface area contributed by atoms with Gasteiger partial charge in [0.25, 0.3) is 11.5 Å². The Labute approximate surface area is 157 Å². The quantitative estimate of drug-likeness (QED) is 0.494. The number of rotatable bonds is 3. The summed E-state index contributed by atoms with van der Waals surface area (Å²) < 4.78 is 0. The van der Waals surface area contributed by atoms with Crippen molar-refractivity contribution in [3.8, 4) is 0 Å². The average molecular weight is 365 g/mol. The van der Waals surface area contributed by atoms with E-state index >= 15 is 0 Å². The molecule has 0 spiro atoms. The first kappa shape index (κ1) is 17.3. The molecule has 7 nitrogen and oxygen atoms in total. The van der Waals surface area contributed by atoms with Crippen LogP contribution in [-0.4, -0.2) is 27.7 Å². The van der Waals surface area contributed by atoms with Gasteiger partial charge in [0.15, 0.2) is 0 Å². The Morgan fingerprint density at radius 1 is 1.19 bits per heavy atom. The van der Waals surface area contributed by atoms with E-state index in [2.05, 4.69) is 10.3 Å². The number of hydrogen-bond donors (Lipinski definition) is 4. The van der Waals surface area contributed by atoms with Crippen molar-refractivity contribution in [2.24, 2.45) is 0 Å². The first-order chi connectivity index (χ1) is 13.0. The van der Waals surface area contributed by atoms with E-state index in [1.165, 1.54) is 25.5 Å². The van der Waals surface area contributed by atoms with Gasteiger partial charge in [0.1, 0.15) is 11.4 Å². The molecule has 2 aromatic rings. The summed E-state index contributed by atoms with van der Waals surface area (Å²) in [6, 6.07) is 7.34. The number of benzene rings is 1. The molecule has 0 saturated heterocycles. The lowest BCUT2D eigenvalue weighted by molar-refractivity contribution is 0.0660. The van der Waals surface area contributed by atoms with Crippen LogP contribution >= 0.6 is 0 Å². The van der Waals surface area contributed by atoms with E-state index in [1.807, 2.05) is 11.0 Å². The van der Waals surface area contributed by atoms with E-state index < -0.39 is 5.56 Å². The summed E-state index contributed by atoms with van der Waals surface area (Å²) >= 11 is 0. The topological polar surface area (TPSA) is 115 Å². The van der Waals surface area contributed by atoms with Gasteiger partial charge in [0.05, 0.1) is 0 Å². The van der Waals surface area contributed by atoms with Gasteiger partial charge in [-0.3, -0.25) is 15.0 Å². The SMILES string of the molecule is N=C(Nc1ccc2c(c1)CN(C1CCCCC1)C2=O)c1c(N)cc[nH]c1=O. The van der Waals surface area contributed by atoms with E-state index in [1.54, 1.807) is 18.2 Å². The van der Waals surface area contributed by atoms with Gasteiger partial charge in [-0.05, 0) is 42.7 Å². The van der Waals surface area contributed by atoms with Gasteiger partial charge >= 0.3 is 0 Å². The van der Waals surface area contributed by atoms with Crippen molar-refractivity contribution in [3.05, 3.63) is 57.5 Å². The number of fused-ring (bicyclic) bond motifs is 1. The molecule has 7 heteroatoms. The summed E-state index contributed by atoms with van der Waals surface area (Å²) in [5.74, 6) is 0.0324. The maximum atomic E-state index is 12.7. The van der Waals surface area contributed by atoms with E-state index in [4.69, 9.17) is 11.1 Å². The molecule has 27 heavy (non-hydrogen) atoms. The van der Waals surface area contributed by atoms with Crippen molar-refractivity contribution in [3.63, 3.8) is 0 Å². The minimum atomic E-state index is -0.410. The second-order valence-electron chi connectivity index (χ2n) is 7.23. The largest absolute Gasteiger partial charge is 0.398 e. The van der Waals surface area contributed by atoms with Crippen LogP contribution in [0.15, 0.2) is 35.3 Å². The normalized spacial score (nSPS) is 17.0. The highest BCUT2D eigenvalue weighted by Gasteiger charge is 2.33. The van der Waals surface area contributed by atoms with Crippen molar-refractivity contribution in [1.82, 2.24) is 9.88 Å². The first-order valence-corrected chi connectivity index (χ1v) is 9.31. The van der Waals surface area contributed by atoms with Crippen LogP contribution in [0.3, 0.4) is 0 Å². The van der Waals surface area contributed by atoms with Crippen LogP contribution in [0.5, 0.6) is 0 Å². The van der Waals surface area contributed by atoms with Crippen LogP contribution in [0.1, 0.15) is 53.6 Å². The van der Waals surface area contributed by atoms with Crippen molar-refractivity contribution in [1.29, 1.82) is 5.41 Å². The molecule has 140 valence electrons. The summed E-state index contributed by atoms with van der Waals surface area (Å²) in [7, 11) is 0. The van der Waals surface area contributed by atoms with Crippen LogP contribution in [-0.2, 0) is 6.54 Å². The number of anilines is 2. The van der Waals surface area contributed by atoms with Crippen LogP contribution < -0.4 is 16.6 Å². The first-order valence-electron chi connectivity index (χ1n) is 9.31. The Hall–Kier alpha value is -3.09. The van der Waals surface area contributed by atoms with Gasteiger partial charge in [-0.15, -0.1) is 0 Å². The number of H-pyrrole nitrogens is 1. The molecule has 5 N–H and O–H groups in total. The van der Waals surface area contributed by atoms with Crippen molar-refractivity contribution in [2.45, 2.75) is 44.7 Å². The molecule has 1 aliphatic heterocycles. The number of carbonyl (C=O) groups excluding carboxylic acids is 1. The summed E-state index contributed by atoms with van der Waals surface area (Å²) in [6.07, 6.45) is 7.22. The van der Waals surface area contributed by atoms with E-state index in [0.29, 0.717) is 18.3 Å². The third-order valence-electron chi connectivity index (χ3n) is 5.47. The number of aromatic amines is 1. The molecule has 2 aliphatic rings. The lowest BCUT2D eigenvalue weighted by Gasteiger charge is -2.30. The molecule has 1 aliphatic carbocycles. The van der Waals surface area contributed by atoms with Crippen LogP contribution in [0, 0.1) is 5.41 Å². The fourth-order valence-corrected chi connectivity index (χ4v) is 4.07. The summed E-state index contributed by atoms with van der Waals surface area (Å²) in [4.78, 5) is 29.2. The number of aromatic nitrogens is 1. The third-order valence-corrected chi connectivity index (χ3v) is 5.47. The predicted molar refractivity (Wildman–Crippen MR) is 105 cm³/mol. The number of nitrogen functional groups attached to an aromatic ring is 1. The van der Waals surface area contributed by atoms with Crippen LogP contribution in [0.2, 0.25) is 0 Å². The second kappa shape index (κ2) is 6.90. The Morgan fingerprint density at radius 3 is 2.70 bits per heavy atom. The fraction of sp³-hybridized carbons (Fsp3) is 0.350. The molecule has 1 amide bonds. The molecule has 4 rings (SSSR count). The number of nitrogens with one attached hydrogen (secondary N) is 3. The Kier molecular flexibility index (Phi) is 4.43. The standard InChI is InChI=1S/C20H23N5O2/c21-16-8-9-23-19(26)17(16)18(22)24-13-6-7-15-12(10-13)11-25(20(15)27)14-4-2-1-3-5-14/h6-10,14H,1-5,11H2,(H2,22,24)(H3,21,23,26). The highest BCUT2D eigenvalue weighted by molar-refractivity contribution is 6.09. The average Bonchev–Trinajstić information content (AvgIpc) is 2.98. The molecule has 1 aromatic heterocycles. The van der Waals surface area contributed by atoms with Gasteiger partial charge in [0.2, 0.25) is 0 Å². The number of nitrogens with zero attached hydrogens (tertiary/aromatic N) is 1. The highest BCUT2D eigenvalue weighted by atomic mass is 16.2. The van der Waals surface area contributed by atoms with Crippen molar-refractivity contribution >= 4 is 23.1 Å². The number of hydrogen-bond acceptors (Lipinski definition) is 4. The predicted octanol–water partition coefficient (Wildman–Crippen LogP) is 2.68. The number of carbonyl (C=O) groups is 1. The molecule has 0 radical (unpaired) electrons. The summed E-state index contributed by atoms with van der Waals surface area (Å²) in [5.41, 5.74) is 8.13. The van der Waals surface area contributed by atoms with Crippen LogP contribution in [0.4, 0.5) is 11.4 Å². The molecule has 0 atom stereocenters. The second-order valence-corrected chi connectivity index (χ2v) is 7.23. The van der Waals surface area contributed by atoms with Gasteiger partial charge in [-0.2, -0.15) is 0 Å². The number of amidine groups is 1. The lowest BCUT2D eigenvalue weighted by atomic mass is 9.94. The monoisotopic (exact) mass is 365 g/mol. The zero-order chi connectivity index (χ0) is 19.0. The zero-order valence-corrected chi connectivity index (χ0v) is 15.0. The number of nitrogens with two attached hydrogens (primary N) is 1. The van der Waals surface area contributed by atoms with E-state index in [9.17, 15) is 9.59 Å². The van der Waals surface area contributed by atoms with E-state index in [-0.39, 0.29) is 23.0 Å². The lowest BCUT2D eigenvalue weighted by Crippen LogP contribution is -2.36. The molecule has 1 fully saturated rings. The molecule has 0 bridgehead atoms. The minimum Gasteiger partial charge on any atom is -0.398 e. The molecule has 2 heterocycles. The molecule has 1 saturated carbocycles. The number of pyridine rings is 1. The third kappa shape index (κ3) is 3.20. The zero-order valence-electron chi connectivity index (χ0n) is 15.0. The maximum Gasteiger partial charge on any atom is 0.261 e. The number of amides is 1. The Morgan fingerprint density at radius 2 is 1.96 bits per heavy atom. The minimum absolute atomic E-state index is 0.0669. The fourth-order valence-electron chi connectivity index (χ4n) is 4.07. The Balaban J connectivity index is 1.54. The van der Waals surface area contributed by atoms with Crippen molar-refractivity contribution in [2.75, 3.05) is 11.1 Å². The van der Waals surface area contributed by atoms with Gasteiger partial charge < -0.3 is 20.9 Å². The summed E-state index contributed by atoms with van der Waals surface area (Å²) in [6.45, 7) is 0.607. The summed E-state index contributed by atoms with van der Waals surface area (Å²) in [5, 5.41) is 11.1. The van der Waals surface area contributed by atoms with Gasteiger partial charge in [0, 0.05) is 35.7 Å². The maximum absolute atomic E-state index is 12.7. The smallest absolute Gasteiger partial charge is 0.261 e. The van der Waals surface area contributed by atoms with E-state index in [0.717, 1.165) is 24.0 Å².